The molecule has 2 unspecified atom stereocenters. The van der Waals surface area contributed by atoms with Gasteiger partial charge in [0, 0.05) is 17.6 Å². The summed E-state index contributed by atoms with van der Waals surface area (Å²) in [6, 6.07) is 5.48. The highest BCUT2D eigenvalue weighted by atomic mass is 19.3. The Kier molecular flexibility index (Phi) is 5.69. The molecule has 0 bridgehead atoms. The Morgan fingerprint density at radius 2 is 1.89 bits per heavy atom. The van der Waals surface area contributed by atoms with Crippen LogP contribution in [0.1, 0.15) is 30.6 Å². The van der Waals surface area contributed by atoms with Gasteiger partial charge in [-0.1, -0.05) is 0 Å². The summed E-state index contributed by atoms with van der Waals surface area (Å²) in [7, 11) is 0. The molecule has 0 spiro atoms. The first-order valence-electron chi connectivity index (χ1n) is 5.99. The molecule has 0 aliphatic heterocycles. The standard InChI is InChI=1S/C13H18F2N2O2/c1-8(16)7-9(2)17-12(18)10-3-5-11(6-4-10)19-13(14)15/h3-6,8-9,13H,7,16H2,1-2H3,(H,17,18). The number of carbonyl (C=O) groups is 1. The molecule has 1 aromatic carbocycles. The molecule has 0 aromatic heterocycles. The molecule has 3 N–H and O–H groups in total. The maximum Gasteiger partial charge on any atom is 0.387 e. The van der Waals surface area contributed by atoms with Gasteiger partial charge in [0.25, 0.3) is 5.91 Å². The third-order valence-electron chi connectivity index (χ3n) is 2.44. The lowest BCUT2D eigenvalue weighted by atomic mass is 10.1. The van der Waals surface area contributed by atoms with Crippen molar-refractivity contribution in [1.29, 1.82) is 0 Å². The Morgan fingerprint density at radius 3 is 2.37 bits per heavy atom. The molecule has 0 heterocycles. The monoisotopic (exact) mass is 272 g/mol. The molecule has 1 aromatic rings. The number of nitrogens with two attached hydrogens (primary N) is 1. The van der Waals surface area contributed by atoms with Crippen molar-refractivity contribution in [2.75, 3.05) is 0 Å². The molecular formula is C13H18F2N2O2. The number of ether oxygens (including phenoxy) is 1. The lowest BCUT2D eigenvalue weighted by Gasteiger charge is -2.16. The third-order valence-corrected chi connectivity index (χ3v) is 2.44. The predicted octanol–water partition coefficient (Wildman–Crippen LogP) is 2.14. The van der Waals surface area contributed by atoms with Crippen molar-refractivity contribution in [2.24, 2.45) is 5.73 Å². The van der Waals surface area contributed by atoms with Crippen LogP contribution in [0.25, 0.3) is 0 Å². The largest absolute Gasteiger partial charge is 0.435 e. The maximum absolute atomic E-state index is 12.0. The van der Waals surface area contributed by atoms with E-state index in [0.29, 0.717) is 12.0 Å². The third kappa shape index (κ3) is 5.65. The topological polar surface area (TPSA) is 64.3 Å². The van der Waals surface area contributed by atoms with E-state index in [2.05, 4.69) is 10.1 Å². The first-order valence-corrected chi connectivity index (χ1v) is 5.99. The molecular weight excluding hydrogens is 254 g/mol. The van der Waals surface area contributed by atoms with Crippen LogP contribution in [0.4, 0.5) is 8.78 Å². The van der Waals surface area contributed by atoms with Gasteiger partial charge >= 0.3 is 6.61 Å². The lowest BCUT2D eigenvalue weighted by molar-refractivity contribution is -0.0498. The Morgan fingerprint density at radius 1 is 1.32 bits per heavy atom. The summed E-state index contributed by atoms with van der Waals surface area (Å²) in [6.07, 6.45) is 0.665. The molecule has 0 saturated carbocycles. The van der Waals surface area contributed by atoms with Gasteiger partial charge in [0.15, 0.2) is 0 Å². The molecule has 1 rings (SSSR count). The van der Waals surface area contributed by atoms with Gasteiger partial charge in [-0.25, -0.2) is 0 Å². The highest BCUT2D eigenvalue weighted by Crippen LogP contribution is 2.15. The fraction of sp³-hybridized carbons (Fsp3) is 0.462. The molecule has 2 atom stereocenters. The SMILES string of the molecule is CC(N)CC(C)NC(=O)c1ccc(OC(F)F)cc1. The zero-order valence-electron chi connectivity index (χ0n) is 10.9. The van der Waals surface area contributed by atoms with Crippen molar-refractivity contribution in [3.8, 4) is 5.75 Å². The second-order valence-corrected chi connectivity index (χ2v) is 4.49. The molecule has 0 saturated heterocycles. The van der Waals surface area contributed by atoms with Gasteiger partial charge in [-0.2, -0.15) is 8.78 Å². The van der Waals surface area contributed by atoms with E-state index in [1.165, 1.54) is 24.3 Å². The summed E-state index contributed by atoms with van der Waals surface area (Å²) in [4.78, 5) is 11.8. The molecule has 1 amide bonds. The summed E-state index contributed by atoms with van der Waals surface area (Å²) in [6.45, 7) is 0.847. The summed E-state index contributed by atoms with van der Waals surface area (Å²) in [5, 5.41) is 2.78. The smallest absolute Gasteiger partial charge is 0.387 e. The first kappa shape index (κ1) is 15.4. The second kappa shape index (κ2) is 7.04. The number of amides is 1. The van der Waals surface area contributed by atoms with E-state index >= 15 is 0 Å². The number of hydrogen-bond donors (Lipinski definition) is 2. The highest BCUT2D eigenvalue weighted by molar-refractivity contribution is 5.94. The Labute approximate surface area is 110 Å². The van der Waals surface area contributed by atoms with E-state index in [4.69, 9.17) is 5.73 Å². The molecule has 0 aliphatic carbocycles. The zero-order chi connectivity index (χ0) is 14.4. The van der Waals surface area contributed by atoms with Crippen LogP contribution in [0.15, 0.2) is 24.3 Å². The lowest BCUT2D eigenvalue weighted by Crippen LogP contribution is -2.36. The summed E-state index contributed by atoms with van der Waals surface area (Å²) in [5.74, 6) is -0.244. The van der Waals surface area contributed by atoms with Crippen molar-refractivity contribution in [2.45, 2.75) is 39.0 Å². The number of nitrogens with one attached hydrogen (secondary N) is 1. The molecule has 6 heteroatoms. The number of alkyl halides is 2. The minimum atomic E-state index is -2.87. The predicted molar refractivity (Wildman–Crippen MR) is 68.3 cm³/mol. The van der Waals surface area contributed by atoms with Crippen molar-refractivity contribution in [3.63, 3.8) is 0 Å². The number of rotatable bonds is 6. The Bertz CT molecular complexity index is 408. The number of benzene rings is 1. The fourth-order valence-electron chi connectivity index (χ4n) is 1.71. The molecule has 4 nitrogen and oxygen atoms in total. The van der Waals surface area contributed by atoms with Crippen molar-refractivity contribution in [1.82, 2.24) is 5.32 Å². The van der Waals surface area contributed by atoms with E-state index in [1.807, 2.05) is 13.8 Å². The number of hydrogen-bond acceptors (Lipinski definition) is 3. The minimum absolute atomic E-state index is 0.00267. The van der Waals surface area contributed by atoms with Crippen LogP contribution < -0.4 is 15.8 Å². The van der Waals surface area contributed by atoms with Crippen LogP contribution in [0.5, 0.6) is 5.75 Å². The molecule has 19 heavy (non-hydrogen) atoms. The van der Waals surface area contributed by atoms with Crippen molar-refractivity contribution >= 4 is 5.91 Å². The zero-order valence-corrected chi connectivity index (χ0v) is 10.9. The van der Waals surface area contributed by atoms with E-state index in [0.717, 1.165) is 0 Å². The minimum Gasteiger partial charge on any atom is -0.435 e. The fourth-order valence-corrected chi connectivity index (χ4v) is 1.71. The van der Waals surface area contributed by atoms with E-state index in [9.17, 15) is 13.6 Å². The summed E-state index contributed by atoms with van der Waals surface area (Å²) < 4.78 is 28.1. The van der Waals surface area contributed by atoms with Crippen molar-refractivity contribution < 1.29 is 18.3 Å². The van der Waals surface area contributed by atoms with E-state index in [-0.39, 0.29) is 23.7 Å². The summed E-state index contributed by atoms with van der Waals surface area (Å²) >= 11 is 0. The van der Waals surface area contributed by atoms with E-state index < -0.39 is 6.61 Å². The number of carbonyl (C=O) groups excluding carboxylic acids is 1. The molecule has 106 valence electrons. The average Bonchev–Trinajstić information content (AvgIpc) is 2.27. The van der Waals surface area contributed by atoms with Gasteiger partial charge in [-0.3, -0.25) is 4.79 Å². The van der Waals surface area contributed by atoms with Crippen molar-refractivity contribution in [3.05, 3.63) is 29.8 Å². The van der Waals surface area contributed by atoms with Crippen LogP contribution in [-0.4, -0.2) is 24.6 Å². The molecule has 0 fully saturated rings. The van der Waals surface area contributed by atoms with Crippen LogP contribution >= 0.6 is 0 Å². The molecule has 0 aliphatic rings. The van der Waals surface area contributed by atoms with Gasteiger partial charge in [-0.15, -0.1) is 0 Å². The normalized spacial score (nSPS) is 14.0. The first-order chi connectivity index (χ1) is 8.88. The van der Waals surface area contributed by atoms with Gasteiger partial charge < -0.3 is 15.8 Å². The van der Waals surface area contributed by atoms with Crippen LogP contribution in [-0.2, 0) is 0 Å². The quantitative estimate of drug-likeness (QED) is 0.834. The van der Waals surface area contributed by atoms with Crippen LogP contribution in [0.3, 0.4) is 0 Å². The van der Waals surface area contributed by atoms with E-state index in [1.54, 1.807) is 0 Å². The Balaban J connectivity index is 2.57. The highest BCUT2D eigenvalue weighted by Gasteiger charge is 2.11. The van der Waals surface area contributed by atoms with Gasteiger partial charge in [-0.05, 0) is 44.5 Å². The Hall–Kier alpha value is -1.69. The van der Waals surface area contributed by atoms with Crippen LogP contribution in [0, 0.1) is 0 Å². The second-order valence-electron chi connectivity index (χ2n) is 4.49. The van der Waals surface area contributed by atoms with Gasteiger partial charge in [0.05, 0.1) is 0 Å². The average molecular weight is 272 g/mol. The summed E-state index contributed by atoms with van der Waals surface area (Å²) in [5.41, 5.74) is 6.02. The maximum atomic E-state index is 12.0. The number of halogens is 2. The van der Waals surface area contributed by atoms with Gasteiger partial charge in [0.1, 0.15) is 5.75 Å². The van der Waals surface area contributed by atoms with Crippen LogP contribution in [0.2, 0.25) is 0 Å². The molecule has 0 radical (unpaired) electrons. The van der Waals surface area contributed by atoms with Gasteiger partial charge in [0.2, 0.25) is 0 Å².